The lowest BCUT2D eigenvalue weighted by Crippen LogP contribution is -2.09. The SMILES string of the molecule is COc1c(Cl)cc(C(F)(F)F)cc1CC(=O)O. The van der Waals surface area contributed by atoms with Crippen LogP contribution in [0.15, 0.2) is 12.1 Å². The van der Waals surface area contributed by atoms with Crippen molar-refractivity contribution in [2.45, 2.75) is 12.6 Å². The Morgan fingerprint density at radius 1 is 1.47 bits per heavy atom. The number of ether oxygens (including phenoxy) is 1. The largest absolute Gasteiger partial charge is 0.495 e. The number of aliphatic carboxylic acids is 1. The van der Waals surface area contributed by atoms with Crippen molar-refractivity contribution in [3.63, 3.8) is 0 Å². The van der Waals surface area contributed by atoms with Crippen LogP contribution in [-0.2, 0) is 17.4 Å². The van der Waals surface area contributed by atoms with Crippen molar-refractivity contribution in [3.8, 4) is 5.75 Å². The van der Waals surface area contributed by atoms with Crippen molar-refractivity contribution in [1.29, 1.82) is 0 Å². The third-order valence-electron chi connectivity index (χ3n) is 1.99. The molecule has 0 aliphatic rings. The van der Waals surface area contributed by atoms with Gasteiger partial charge in [0.05, 0.1) is 24.1 Å². The zero-order chi connectivity index (χ0) is 13.2. The highest BCUT2D eigenvalue weighted by Crippen LogP contribution is 2.37. The van der Waals surface area contributed by atoms with Crippen molar-refractivity contribution >= 4 is 17.6 Å². The van der Waals surface area contributed by atoms with Crippen LogP contribution in [0, 0.1) is 0 Å². The molecule has 0 saturated heterocycles. The number of hydrogen-bond acceptors (Lipinski definition) is 2. The molecule has 0 heterocycles. The van der Waals surface area contributed by atoms with E-state index in [1.54, 1.807) is 0 Å². The van der Waals surface area contributed by atoms with E-state index in [1.165, 1.54) is 7.11 Å². The third-order valence-corrected chi connectivity index (χ3v) is 2.27. The second kappa shape index (κ2) is 4.83. The summed E-state index contributed by atoms with van der Waals surface area (Å²) in [5, 5.41) is 8.33. The summed E-state index contributed by atoms with van der Waals surface area (Å²) in [6.45, 7) is 0. The van der Waals surface area contributed by atoms with E-state index >= 15 is 0 Å². The molecule has 1 rings (SSSR count). The fourth-order valence-electron chi connectivity index (χ4n) is 1.34. The van der Waals surface area contributed by atoms with Crippen LogP contribution < -0.4 is 4.74 Å². The van der Waals surface area contributed by atoms with Crippen LogP contribution in [0.1, 0.15) is 11.1 Å². The van der Waals surface area contributed by atoms with Crippen LogP contribution in [0.2, 0.25) is 5.02 Å². The van der Waals surface area contributed by atoms with E-state index < -0.39 is 24.1 Å². The maximum atomic E-state index is 12.5. The molecule has 1 aromatic carbocycles. The lowest BCUT2D eigenvalue weighted by Gasteiger charge is -2.13. The number of methoxy groups -OCH3 is 1. The summed E-state index contributed by atoms with van der Waals surface area (Å²) in [6.07, 6.45) is -5.17. The summed E-state index contributed by atoms with van der Waals surface area (Å²) in [7, 11) is 1.21. The lowest BCUT2D eigenvalue weighted by molar-refractivity contribution is -0.138. The highest BCUT2D eigenvalue weighted by Gasteiger charge is 2.32. The lowest BCUT2D eigenvalue weighted by atomic mass is 10.1. The maximum absolute atomic E-state index is 12.5. The van der Waals surface area contributed by atoms with Crippen molar-refractivity contribution in [3.05, 3.63) is 28.3 Å². The number of carboxylic acids is 1. The van der Waals surface area contributed by atoms with Gasteiger partial charge in [0.1, 0.15) is 5.75 Å². The Morgan fingerprint density at radius 3 is 2.47 bits per heavy atom. The van der Waals surface area contributed by atoms with Gasteiger partial charge in [0.2, 0.25) is 0 Å². The molecule has 1 aromatic rings. The Labute approximate surface area is 99.8 Å². The molecule has 0 aromatic heterocycles. The van der Waals surface area contributed by atoms with Gasteiger partial charge in [-0.3, -0.25) is 4.79 Å². The smallest absolute Gasteiger partial charge is 0.416 e. The molecular formula is C10H8ClF3O3. The Morgan fingerprint density at radius 2 is 2.06 bits per heavy atom. The van der Waals surface area contributed by atoms with E-state index in [4.69, 9.17) is 21.4 Å². The summed E-state index contributed by atoms with van der Waals surface area (Å²) < 4.78 is 42.2. The summed E-state index contributed by atoms with van der Waals surface area (Å²) in [5.41, 5.74) is -1.11. The van der Waals surface area contributed by atoms with Crippen LogP contribution in [0.3, 0.4) is 0 Å². The van der Waals surface area contributed by atoms with Gasteiger partial charge in [0, 0.05) is 5.56 Å². The molecule has 3 nitrogen and oxygen atoms in total. The molecule has 0 aliphatic carbocycles. The minimum absolute atomic E-state index is 0.0536. The Balaban J connectivity index is 3.33. The van der Waals surface area contributed by atoms with Gasteiger partial charge in [-0.2, -0.15) is 13.2 Å². The predicted octanol–water partition coefficient (Wildman–Crippen LogP) is 2.99. The molecule has 7 heteroatoms. The second-order valence-electron chi connectivity index (χ2n) is 3.22. The van der Waals surface area contributed by atoms with E-state index in [0.717, 1.165) is 6.07 Å². The number of hydrogen-bond donors (Lipinski definition) is 1. The Hall–Kier alpha value is -1.43. The number of carboxylic acid groups (broad SMARTS) is 1. The molecule has 0 aliphatic heterocycles. The first-order chi connectivity index (χ1) is 7.75. The topological polar surface area (TPSA) is 46.5 Å². The normalized spacial score (nSPS) is 11.4. The summed E-state index contributed by atoms with van der Waals surface area (Å²) in [4.78, 5) is 10.5. The molecule has 0 fully saturated rings. The van der Waals surface area contributed by atoms with Gasteiger partial charge in [0.15, 0.2) is 0 Å². The molecule has 17 heavy (non-hydrogen) atoms. The fraction of sp³-hybridized carbons (Fsp3) is 0.300. The molecule has 0 amide bonds. The molecule has 0 spiro atoms. The van der Waals surface area contributed by atoms with Gasteiger partial charge in [0.25, 0.3) is 0 Å². The summed E-state index contributed by atoms with van der Waals surface area (Å²) >= 11 is 5.61. The van der Waals surface area contributed by atoms with E-state index in [-0.39, 0.29) is 16.3 Å². The number of rotatable bonds is 3. The number of alkyl halides is 3. The van der Waals surface area contributed by atoms with E-state index in [9.17, 15) is 18.0 Å². The van der Waals surface area contributed by atoms with Gasteiger partial charge in [-0.25, -0.2) is 0 Å². The molecular weight excluding hydrogens is 261 g/mol. The molecule has 0 saturated carbocycles. The van der Waals surface area contributed by atoms with Crippen LogP contribution in [-0.4, -0.2) is 18.2 Å². The van der Waals surface area contributed by atoms with Crippen molar-refractivity contribution in [1.82, 2.24) is 0 Å². The molecule has 0 radical (unpaired) electrons. The molecule has 0 atom stereocenters. The van der Waals surface area contributed by atoms with Gasteiger partial charge in [-0.15, -0.1) is 0 Å². The van der Waals surface area contributed by atoms with Crippen LogP contribution in [0.5, 0.6) is 5.75 Å². The number of halogens is 4. The number of carbonyl (C=O) groups is 1. The van der Waals surface area contributed by atoms with Gasteiger partial charge in [-0.05, 0) is 12.1 Å². The van der Waals surface area contributed by atoms with Crippen molar-refractivity contribution in [2.75, 3.05) is 7.11 Å². The standard InChI is InChI=1S/C10H8ClF3O3/c1-17-9-5(3-8(15)16)2-6(4-7(9)11)10(12,13)14/h2,4H,3H2,1H3,(H,15,16). The van der Waals surface area contributed by atoms with Crippen LogP contribution >= 0.6 is 11.6 Å². The molecule has 0 unspecified atom stereocenters. The first kappa shape index (κ1) is 13.6. The maximum Gasteiger partial charge on any atom is 0.416 e. The number of benzene rings is 1. The average molecular weight is 269 g/mol. The predicted molar refractivity (Wildman–Crippen MR) is 54.3 cm³/mol. The van der Waals surface area contributed by atoms with E-state index in [0.29, 0.717) is 6.07 Å². The second-order valence-corrected chi connectivity index (χ2v) is 3.63. The van der Waals surface area contributed by atoms with Crippen LogP contribution in [0.4, 0.5) is 13.2 Å². The zero-order valence-electron chi connectivity index (χ0n) is 8.64. The minimum Gasteiger partial charge on any atom is -0.495 e. The Kier molecular flexibility index (Phi) is 3.87. The van der Waals surface area contributed by atoms with Crippen molar-refractivity contribution in [2.24, 2.45) is 0 Å². The Bertz CT molecular complexity index is 443. The van der Waals surface area contributed by atoms with E-state index in [2.05, 4.69) is 0 Å². The van der Waals surface area contributed by atoms with Crippen LogP contribution in [0.25, 0.3) is 0 Å². The molecule has 1 N–H and O–H groups in total. The highest BCUT2D eigenvalue weighted by atomic mass is 35.5. The van der Waals surface area contributed by atoms with Gasteiger partial charge in [-0.1, -0.05) is 11.6 Å². The minimum atomic E-state index is -4.58. The quantitative estimate of drug-likeness (QED) is 0.917. The highest BCUT2D eigenvalue weighted by molar-refractivity contribution is 6.32. The molecule has 0 bridgehead atoms. The zero-order valence-corrected chi connectivity index (χ0v) is 9.39. The molecule has 94 valence electrons. The van der Waals surface area contributed by atoms with Crippen molar-refractivity contribution < 1.29 is 27.8 Å². The average Bonchev–Trinajstić information content (AvgIpc) is 2.14. The summed E-state index contributed by atoms with van der Waals surface area (Å²) in [6, 6.07) is 1.42. The first-order valence-corrected chi connectivity index (χ1v) is 4.79. The summed E-state index contributed by atoms with van der Waals surface area (Å²) in [5.74, 6) is -1.32. The first-order valence-electron chi connectivity index (χ1n) is 4.41. The monoisotopic (exact) mass is 268 g/mol. The van der Waals surface area contributed by atoms with E-state index in [1.807, 2.05) is 0 Å². The van der Waals surface area contributed by atoms with Gasteiger partial charge >= 0.3 is 12.1 Å². The van der Waals surface area contributed by atoms with Gasteiger partial charge < -0.3 is 9.84 Å². The fourth-order valence-corrected chi connectivity index (χ4v) is 1.65. The third kappa shape index (κ3) is 3.26.